The maximum absolute atomic E-state index is 13.6. The topological polar surface area (TPSA) is 38.3 Å². The molecule has 1 saturated heterocycles. The first kappa shape index (κ1) is 12.7. The number of rotatable bonds is 3. The van der Waals surface area contributed by atoms with Crippen molar-refractivity contribution < 1.29 is 22.7 Å². The number of amides is 1. The maximum Gasteiger partial charge on any atom is 0.270 e. The smallest absolute Gasteiger partial charge is 0.270 e. The number of alkyl halides is 3. The molecule has 1 N–H and O–H groups in total. The molecule has 2 unspecified atom stereocenters. The summed E-state index contributed by atoms with van der Waals surface area (Å²) in [6, 6.07) is -1.31. The number of ether oxygens (including phenoxy) is 1. The Bertz CT molecular complexity index is 294. The second-order valence-corrected chi connectivity index (χ2v) is 4.71. The van der Waals surface area contributed by atoms with Crippen molar-refractivity contribution in [3.63, 3.8) is 0 Å². The van der Waals surface area contributed by atoms with E-state index in [9.17, 15) is 18.0 Å². The van der Waals surface area contributed by atoms with Crippen molar-refractivity contribution in [1.29, 1.82) is 0 Å². The Kier molecular flexibility index (Phi) is 3.61. The second-order valence-electron chi connectivity index (χ2n) is 4.71. The zero-order valence-electron chi connectivity index (χ0n) is 9.43. The summed E-state index contributed by atoms with van der Waals surface area (Å²) in [5.41, 5.74) is 0. The molecule has 0 radical (unpaired) electrons. The highest BCUT2D eigenvalue weighted by Crippen LogP contribution is 2.35. The molecule has 0 spiro atoms. The molecule has 0 aromatic heterocycles. The van der Waals surface area contributed by atoms with Crippen LogP contribution in [-0.4, -0.2) is 37.3 Å². The minimum Gasteiger partial charge on any atom is -0.381 e. The Balaban J connectivity index is 1.92. The van der Waals surface area contributed by atoms with Crippen molar-refractivity contribution in [2.24, 2.45) is 5.92 Å². The average Bonchev–Trinajstić information content (AvgIpc) is 3.08. The van der Waals surface area contributed by atoms with Crippen LogP contribution in [0.4, 0.5) is 13.2 Å². The number of hydrogen-bond acceptors (Lipinski definition) is 2. The van der Waals surface area contributed by atoms with Crippen molar-refractivity contribution in [3.05, 3.63) is 0 Å². The lowest BCUT2D eigenvalue weighted by Crippen LogP contribution is -2.50. The van der Waals surface area contributed by atoms with Crippen LogP contribution >= 0.6 is 0 Å². The zero-order valence-corrected chi connectivity index (χ0v) is 9.43. The highest BCUT2D eigenvalue weighted by atomic mass is 19.3. The monoisotopic (exact) mass is 251 g/mol. The SMILES string of the molecule is O=C(NC1CCOCCC1(F)F)C(F)C1CC1. The Morgan fingerprint density at radius 1 is 1.29 bits per heavy atom. The van der Waals surface area contributed by atoms with E-state index in [1.807, 2.05) is 0 Å². The highest BCUT2D eigenvalue weighted by molar-refractivity contribution is 5.81. The van der Waals surface area contributed by atoms with Gasteiger partial charge in [-0.2, -0.15) is 0 Å². The Morgan fingerprint density at radius 3 is 2.65 bits per heavy atom. The van der Waals surface area contributed by atoms with Gasteiger partial charge in [0.2, 0.25) is 0 Å². The predicted molar refractivity (Wildman–Crippen MR) is 54.6 cm³/mol. The van der Waals surface area contributed by atoms with Gasteiger partial charge >= 0.3 is 0 Å². The number of halogens is 3. The molecule has 0 bridgehead atoms. The molecule has 2 fully saturated rings. The van der Waals surface area contributed by atoms with Crippen LogP contribution < -0.4 is 5.32 Å². The fraction of sp³-hybridized carbons (Fsp3) is 0.909. The van der Waals surface area contributed by atoms with Gasteiger partial charge in [-0.1, -0.05) is 0 Å². The van der Waals surface area contributed by atoms with Crippen LogP contribution in [0.3, 0.4) is 0 Å². The first-order valence-corrected chi connectivity index (χ1v) is 5.91. The molecule has 1 aliphatic heterocycles. The van der Waals surface area contributed by atoms with Gasteiger partial charge in [0, 0.05) is 13.0 Å². The lowest BCUT2D eigenvalue weighted by atomic mass is 10.0. The molecule has 0 aromatic rings. The summed E-state index contributed by atoms with van der Waals surface area (Å²) in [6.45, 7) is 0.141. The number of carbonyl (C=O) groups is 1. The third kappa shape index (κ3) is 3.12. The molecule has 1 amide bonds. The summed E-state index contributed by atoms with van der Waals surface area (Å²) in [5.74, 6) is -4.19. The summed E-state index contributed by atoms with van der Waals surface area (Å²) in [6.07, 6.45) is -0.721. The van der Waals surface area contributed by atoms with E-state index in [1.54, 1.807) is 0 Å². The molecule has 17 heavy (non-hydrogen) atoms. The van der Waals surface area contributed by atoms with Gasteiger partial charge in [-0.25, -0.2) is 13.2 Å². The minimum atomic E-state index is -3.02. The van der Waals surface area contributed by atoms with Gasteiger partial charge in [0.25, 0.3) is 11.8 Å². The summed E-state index contributed by atoms with van der Waals surface area (Å²) in [7, 11) is 0. The molecular weight excluding hydrogens is 235 g/mol. The van der Waals surface area contributed by atoms with Crippen molar-refractivity contribution in [2.45, 2.75) is 43.8 Å². The summed E-state index contributed by atoms with van der Waals surface area (Å²) in [4.78, 5) is 11.4. The van der Waals surface area contributed by atoms with Crippen molar-refractivity contribution in [3.8, 4) is 0 Å². The normalized spacial score (nSPS) is 30.4. The largest absolute Gasteiger partial charge is 0.381 e. The first-order valence-electron chi connectivity index (χ1n) is 5.91. The molecule has 3 nitrogen and oxygen atoms in total. The van der Waals surface area contributed by atoms with Gasteiger partial charge in [-0.05, 0) is 25.2 Å². The van der Waals surface area contributed by atoms with Gasteiger partial charge < -0.3 is 10.1 Å². The summed E-state index contributed by atoms with van der Waals surface area (Å²) >= 11 is 0. The molecule has 2 rings (SSSR count). The van der Waals surface area contributed by atoms with Gasteiger partial charge in [-0.15, -0.1) is 0 Å². The molecule has 2 atom stereocenters. The van der Waals surface area contributed by atoms with E-state index in [0.717, 1.165) is 0 Å². The van der Waals surface area contributed by atoms with E-state index in [-0.39, 0.29) is 25.6 Å². The van der Waals surface area contributed by atoms with Crippen LogP contribution in [0.25, 0.3) is 0 Å². The van der Waals surface area contributed by atoms with Crippen LogP contribution in [0, 0.1) is 5.92 Å². The standard InChI is InChI=1S/C11H16F3NO2/c12-9(7-1-2-7)10(16)15-8-3-5-17-6-4-11(8,13)14/h7-9H,1-6H2,(H,15,16). The lowest BCUT2D eigenvalue weighted by Gasteiger charge is -2.25. The molecule has 6 heteroatoms. The fourth-order valence-electron chi connectivity index (χ4n) is 1.93. The van der Waals surface area contributed by atoms with Crippen molar-refractivity contribution >= 4 is 5.91 Å². The summed E-state index contributed by atoms with van der Waals surface area (Å²) < 4.78 is 45.4. The Hall–Kier alpha value is -0.780. The van der Waals surface area contributed by atoms with Crippen LogP contribution in [0.2, 0.25) is 0 Å². The molecule has 98 valence electrons. The van der Waals surface area contributed by atoms with E-state index in [2.05, 4.69) is 5.32 Å². The van der Waals surface area contributed by atoms with Crippen LogP contribution in [-0.2, 0) is 9.53 Å². The van der Waals surface area contributed by atoms with Gasteiger partial charge in [0.15, 0.2) is 6.17 Å². The van der Waals surface area contributed by atoms with Crippen molar-refractivity contribution in [1.82, 2.24) is 5.32 Å². The van der Waals surface area contributed by atoms with Crippen molar-refractivity contribution in [2.75, 3.05) is 13.2 Å². The molecule has 1 saturated carbocycles. The maximum atomic E-state index is 13.6. The summed E-state index contributed by atoms with van der Waals surface area (Å²) in [5, 5.41) is 2.13. The molecule has 2 aliphatic rings. The minimum absolute atomic E-state index is 0.0239. The number of nitrogens with one attached hydrogen (secondary N) is 1. The highest BCUT2D eigenvalue weighted by Gasteiger charge is 2.44. The fourth-order valence-corrected chi connectivity index (χ4v) is 1.93. The van der Waals surface area contributed by atoms with Gasteiger partial charge in [-0.3, -0.25) is 4.79 Å². The van der Waals surface area contributed by atoms with E-state index in [1.165, 1.54) is 0 Å². The van der Waals surface area contributed by atoms with Crippen LogP contribution in [0.15, 0.2) is 0 Å². The Morgan fingerprint density at radius 2 is 2.00 bits per heavy atom. The van der Waals surface area contributed by atoms with Crippen LogP contribution in [0.5, 0.6) is 0 Å². The first-order chi connectivity index (χ1) is 8.00. The average molecular weight is 251 g/mol. The van der Waals surface area contributed by atoms with Gasteiger partial charge in [0.05, 0.1) is 12.6 Å². The molecule has 1 aliphatic carbocycles. The van der Waals surface area contributed by atoms with E-state index >= 15 is 0 Å². The molecular formula is C11H16F3NO2. The van der Waals surface area contributed by atoms with E-state index in [4.69, 9.17) is 4.74 Å². The van der Waals surface area contributed by atoms with Gasteiger partial charge in [0.1, 0.15) is 0 Å². The van der Waals surface area contributed by atoms with E-state index < -0.39 is 30.5 Å². The molecule has 1 heterocycles. The number of hydrogen-bond donors (Lipinski definition) is 1. The predicted octanol–water partition coefficient (Wildman–Crippen LogP) is 1.66. The third-order valence-electron chi connectivity index (χ3n) is 3.24. The number of carbonyl (C=O) groups excluding carboxylic acids is 1. The van der Waals surface area contributed by atoms with E-state index in [0.29, 0.717) is 12.8 Å². The lowest BCUT2D eigenvalue weighted by molar-refractivity contribution is -0.131. The second kappa shape index (κ2) is 4.84. The quantitative estimate of drug-likeness (QED) is 0.828. The van der Waals surface area contributed by atoms with Crippen LogP contribution in [0.1, 0.15) is 25.7 Å². The zero-order chi connectivity index (χ0) is 12.5. The Labute approximate surface area is 97.7 Å². The molecule has 0 aromatic carbocycles. The third-order valence-corrected chi connectivity index (χ3v) is 3.24.